The summed E-state index contributed by atoms with van der Waals surface area (Å²) in [6.45, 7) is 0. The lowest BCUT2D eigenvalue weighted by molar-refractivity contribution is 0.667. The lowest BCUT2D eigenvalue weighted by Crippen LogP contribution is -2.10. The molecule has 0 aliphatic heterocycles. The van der Waals surface area contributed by atoms with E-state index in [9.17, 15) is 0 Å². The predicted octanol–water partition coefficient (Wildman–Crippen LogP) is 15.1. The van der Waals surface area contributed by atoms with Crippen LogP contribution in [0.25, 0.3) is 88.0 Å². The van der Waals surface area contributed by atoms with Crippen LogP contribution >= 0.6 is 0 Å². The molecule has 11 rings (SSSR count). The molecule has 0 radical (unpaired) electrons. The summed E-state index contributed by atoms with van der Waals surface area (Å²) >= 11 is 0. The van der Waals surface area contributed by atoms with Crippen LogP contribution in [0.2, 0.25) is 0 Å². The summed E-state index contributed by atoms with van der Waals surface area (Å²) in [6.07, 6.45) is 0. The van der Waals surface area contributed by atoms with Crippen molar-refractivity contribution in [3.05, 3.63) is 200 Å². The molecular weight excluding hydrogens is 671 g/mol. The van der Waals surface area contributed by atoms with Crippen molar-refractivity contribution in [1.29, 1.82) is 0 Å². The number of furan rings is 2. The van der Waals surface area contributed by atoms with Gasteiger partial charge in [-0.05, 0) is 92.7 Å². The number of hydrogen-bond donors (Lipinski definition) is 0. The molecule has 0 aliphatic rings. The number of rotatable bonds is 6. The van der Waals surface area contributed by atoms with Gasteiger partial charge < -0.3 is 13.7 Å². The van der Waals surface area contributed by atoms with E-state index in [0.29, 0.717) is 0 Å². The minimum atomic E-state index is 0.834. The van der Waals surface area contributed by atoms with Crippen LogP contribution in [0.1, 0.15) is 0 Å². The first-order valence-electron chi connectivity index (χ1n) is 18.7. The van der Waals surface area contributed by atoms with Crippen LogP contribution in [-0.4, -0.2) is 0 Å². The average Bonchev–Trinajstić information content (AvgIpc) is 3.83. The summed E-state index contributed by atoms with van der Waals surface area (Å²) in [5, 5.41) is 6.89. The van der Waals surface area contributed by atoms with Gasteiger partial charge in [-0.25, -0.2) is 0 Å². The van der Waals surface area contributed by atoms with Crippen LogP contribution in [0.3, 0.4) is 0 Å². The second-order valence-electron chi connectivity index (χ2n) is 14.1. The molecule has 3 heteroatoms. The Morgan fingerprint density at radius 2 is 0.909 bits per heavy atom. The molecule has 0 N–H and O–H groups in total. The molecule has 2 aromatic heterocycles. The number of hydrogen-bond acceptors (Lipinski definition) is 3. The number of anilines is 3. The Bertz CT molecular complexity index is 3190. The second-order valence-corrected chi connectivity index (χ2v) is 14.1. The number of fused-ring (bicyclic) bond motifs is 7. The van der Waals surface area contributed by atoms with Crippen LogP contribution in [0.5, 0.6) is 0 Å². The second kappa shape index (κ2) is 12.6. The average molecular weight is 704 g/mol. The van der Waals surface area contributed by atoms with Gasteiger partial charge in [-0.15, -0.1) is 0 Å². The van der Waals surface area contributed by atoms with E-state index in [0.717, 1.165) is 77.6 Å². The third kappa shape index (κ3) is 5.28. The van der Waals surface area contributed by atoms with E-state index < -0.39 is 0 Å². The largest absolute Gasteiger partial charge is 0.456 e. The molecule has 3 nitrogen and oxygen atoms in total. The van der Waals surface area contributed by atoms with Gasteiger partial charge in [0.25, 0.3) is 0 Å². The molecular formula is C52H33NO2. The molecule has 0 fully saturated rings. The molecule has 0 spiro atoms. The van der Waals surface area contributed by atoms with Gasteiger partial charge in [0.1, 0.15) is 16.7 Å². The molecule has 55 heavy (non-hydrogen) atoms. The van der Waals surface area contributed by atoms with E-state index in [2.05, 4.69) is 187 Å². The molecule has 258 valence electrons. The zero-order valence-corrected chi connectivity index (χ0v) is 29.8. The van der Waals surface area contributed by atoms with Crippen molar-refractivity contribution in [3.63, 3.8) is 0 Å². The summed E-state index contributed by atoms with van der Waals surface area (Å²) in [5.74, 6) is 0. The van der Waals surface area contributed by atoms with Crippen LogP contribution in [0, 0.1) is 0 Å². The first-order valence-corrected chi connectivity index (χ1v) is 18.7. The third-order valence-corrected chi connectivity index (χ3v) is 10.9. The number of benzene rings is 9. The molecule has 0 aliphatic carbocycles. The third-order valence-electron chi connectivity index (χ3n) is 10.9. The fourth-order valence-corrected chi connectivity index (χ4v) is 8.16. The number of para-hydroxylation sites is 2. The molecule has 0 amide bonds. The van der Waals surface area contributed by atoms with Crippen molar-refractivity contribution < 1.29 is 8.83 Å². The minimum absolute atomic E-state index is 0.834. The zero-order chi connectivity index (χ0) is 36.3. The summed E-state index contributed by atoms with van der Waals surface area (Å²) in [4.78, 5) is 2.29. The first-order chi connectivity index (χ1) is 27.2. The van der Waals surface area contributed by atoms with Crippen LogP contribution in [-0.2, 0) is 0 Å². The highest BCUT2D eigenvalue weighted by Crippen LogP contribution is 2.47. The van der Waals surface area contributed by atoms with Crippen molar-refractivity contribution in [2.75, 3.05) is 4.90 Å². The maximum absolute atomic E-state index is 6.80. The standard InChI is InChI=1S/C52H33NO2/c1-2-11-38(12-3-1)43-30-31-47(52-51(43)46-15-7-9-17-49(46)55-52)53(42-28-29-45-44-14-6-8-16-48(44)54-50(45)33-42)41-26-24-36(25-27-41)35-18-20-37(21-19-35)40-23-22-34-10-4-5-13-39(34)32-40/h1-33H. The maximum Gasteiger partial charge on any atom is 0.160 e. The summed E-state index contributed by atoms with van der Waals surface area (Å²) in [6, 6.07) is 70.9. The number of nitrogens with zero attached hydrogens (tertiary/aromatic N) is 1. The Morgan fingerprint density at radius 3 is 1.69 bits per heavy atom. The van der Waals surface area contributed by atoms with Gasteiger partial charge in [0.15, 0.2) is 5.58 Å². The smallest absolute Gasteiger partial charge is 0.160 e. The van der Waals surface area contributed by atoms with Gasteiger partial charge in [-0.1, -0.05) is 146 Å². The molecule has 0 unspecified atom stereocenters. The molecule has 0 saturated carbocycles. The summed E-state index contributed by atoms with van der Waals surface area (Å²) < 4.78 is 13.2. The highest BCUT2D eigenvalue weighted by molar-refractivity contribution is 6.17. The van der Waals surface area contributed by atoms with Crippen molar-refractivity contribution >= 4 is 71.7 Å². The molecule has 11 aromatic rings. The lowest BCUT2D eigenvalue weighted by Gasteiger charge is -2.26. The first kappa shape index (κ1) is 31.2. The predicted molar refractivity (Wildman–Crippen MR) is 229 cm³/mol. The topological polar surface area (TPSA) is 29.5 Å². The van der Waals surface area contributed by atoms with Gasteiger partial charge in [-0.2, -0.15) is 0 Å². The highest BCUT2D eigenvalue weighted by atomic mass is 16.3. The van der Waals surface area contributed by atoms with E-state index in [4.69, 9.17) is 8.83 Å². The van der Waals surface area contributed by atoms with Crippen molar-refractivity contribution in [1.82, 2.24) is 0 Å². The quantitative estimate of drug-likeness (QED) is 0.173. The van der Waals surface area contributed by atoms with Crippen molar-refractivity contribution in [2.45, 2.75) is 0 Å². The lowest BCUT2D eigenvalue weighted by atomic mass is 9.97. The fraction of sp³-hybridized carbons (Fsp3) is 0. The van der Waals surface area contributed by atoms with Gasteiger partial charge in [0, 0.05) is 33.3 Å². The molecule has 9 aromatic carbocycles. The Labute approximate surface area is 317 Å². The van der Waals surface area contributed by atoms with Gasteiger partial charge >= 0.3 is 0 Å². The maximum atomic E-state index is 6.80. The van der Waals surface area contributed by atoms with Crippen molar-refractivity contribution in [3.8, 4) is 33.4 Å². The zero-order valence-electron chi connectivity index (χ0n) is 29.8. The minimum Gasteiger partial charge on any atom is -0.456 e. The van der Waals surface area contributed by atoms with E-state index in [1.165, 1.54) is 27.5 Å². The molecule has 0 saturated heterocycles. The SMILES string of the molecule is c1ccc(-c2ccc(N(c3ccc(-c4ccc(-c5ccc6ccccc6c5)cc4)cc3)c3ccc4c(c3)oc3ccccc34)c3oc4ccccc4c23)cc1. The van der Waals surface area contributed by atoms with Gasteiger partial charge in [0.2, 0.25) is 0 Å². The monoisotopic (exact) mass is 703 g/mol. The fourth-order valence-electron chi connectivity index (χ4n) is 8.16. The van der Waals surface area contributed by atoms with Crippen molar-refractivity contribution in [2.24, 2.45) is 0 Å². The van der Waals surface area contributed by atoms with Crippen LogP contribution < -0.4 is 4.90 Å². The van der Waals surface area contributed by atoms with Gasteiger partial charge in [-0.3, -0.25) is 0 Å². The van der Waals surface area contributed by atoms with E-state index >= 15 is 0 Å². The highest BCUT2D eigenvalue weighted by Gasteiger charge is 2.23. The summed E-state index contributed by atoms with van der Waals surface area (Å²) in [7, 11) is 0. The Kier molecular flexibility index (Phi) is 7.17. The Balaban J connectivity index is 1.05. The van der Waals surface area contributed by atoms with E-state index in [1.54, 1.807) is 0 Å². The van der Waals surface area contributed by atoms with Crippen LogP contribution in [0.4, 0.5) is 17.1 Å². The molecule has 0 bridgehead atoms. The molecule has 2 heterocycles. The van der Waals surface area contributed by atoms with Crippen LogP contribution in [0.15, 0.2) is 209 Å². The van der Waals surface area contributed by atoms with E-state index in [-0.39, 0.29) is 0 Å². The van der Waals surface area contributed by atoms with Gasteiger partial charge in [0.05, 0.1) is 11.4 Å². The Hall–Kier alpha value is -7.36. The summed E-state index contributed by atoms with van der Waals surface area (Å²) in [5.41, 5.74) is 13.4. The van der Waals surface area contributed by atoms with E-state index in [1.807, 2.05) is 18.2 Å². The normalized spacial score (nSPS) is 11.6. The molecule has 0 atom stereocenters. The Morgan fingerprint density at radius 1 is 0.327 bits per heavy atom.